The first-order chi connectivity index (χ1) is 25.4. The predicted octanol–water partition coefficient (Wildman–Crippen LogP) is 5.36. The number of methoxy groups -OCH3 is 2. The molecule has 2 heterocycles. The number of likely N-dealkylation sites (tertiary alicyclic amines) is 1. The summed E-state index contributed by atoms with van der Waals surface area (Å²) in [5, 5.41) is 8.23. The first-order valence-electron chi connectivity index (χ1n) is 18.2. The molecule has 1 aliphatic heterocycles. The second-order valence-corrected chi connectivity index (χ2v) is 14.2. The molecule has 2 fully saturated rings. The molecule has 3 aromatic rings. The summed E-state index contributed by atoms with van der Waals surface area (Å²) < 4.78 is 15.1. The van der Waals surface area contributed by atoms with Gasteiger partial charge in [0.1, 0.15) is 24.0 Å². The molecule has 5 rings (SSSR count). The Hall–Kier alpha value is -5.40. The summed E-state index contributed by atoms with van der Waals surface area (Å²) in [4.78, 5) is 73.0. The minimum atomic E-state index is -0.861. The maximum Gasteiger partial charge on any atom is 0.407 e. The molecule has 2 aromatic carbocycles. The van der Waals surface area contributed by atoms with Crippen LogP contribution < -0.4 is 16.0 Å². The number of alkyl carbamates (subject to hydrolysis) is 2. The third kappa shape index (κ3) is 9.34. The Morgan fingerprint density at radius 1 is 0.774 bits per heavy atom. The molecule has 14 nitrogen and oxygen atoms in total. The second-order valence-electron chi connectivity index (χ2n) is 14.2. The normalized spacial score (nSPS) is 19.4. The van der Waals surface area contributed by atoms with Crippen molar-refractivity contribution in [1.82, 2.24) is 30.8 Å². The number of imidazole rings is 1. The monoisotopic (exact) mass is 730 g/mol. The van der Waals surface area contributed by atoms with Crippen molar-refractivity contribution in [1.29, 1.82) is 0 Å². The van der Waals surface area contributed by atoms with Gasteiger partial charge in [-0.2, -0.15) is 0 Å². The van der Waals surface area contributed by atoms with E-state index in [2.05, 4.69) is 30.7 Å². The van der Waals surface area contributed by atoms with Gasteiger partial charge in [0.05, 0.1) is 38.2 Å². The number of nitrogens with one attached hydrogen (secondary N) is 4. The zero-order valence-electron chi connectivity index (χ0n) is 31.1. The second kappa shape index (κ2) is 17.4. The summed E-state index contributed by atoms with van der Waals surface area (Å²) >= 11 is 0. The summed E-state index contributed by atoms with van der Waals surface area (Å²) in [5.41, 5.74) is 4.14. The smallest absolute Gasteiger partial charge is 0.407 e. The van der Waals surface area contributed by atoms with Gasteiger partial charge >= 0.3 is 18.2 Å². The molecule has 0 unspecified atom stereocenters. The lowest BCUT2D eigenvalue weighted by molar-refractivity contribution is -0.153. The number of nitrogens with zero attached hydrogens (tertiary/aromatic N) is 2. The molecule has 4 N–H and O–H groups in total. The van der Waals surface area contributed by atoms with E-state index in [1.165, 1.54) is 14.2 Å². The molecule has 4 amide bonds. The van der Waals surface area contributed by atoms with Gasteiger partial charge in [-0.15, -0.1) is 0 Å². The minimum absolute atomic E-state index is 0.118. The van der Waals surface area contributed by atoms with Gasteiger partial charge < -0.3 is 40.0 Å². The minimum Gasteiger partial charge on any atom is -0.459 e. The van der Waals surface area contributed by atoms with Crippen LogP contribution in [0.25, 0.3) is 22.4 Å². The SMILES string of the molecule is COC(=O)N[C@H](C(=O)O[C@@H]1CCC[C@H]1NC(=O)c1ccc(-c2ccc(-c3cnc([C@@H]4CCCN4C(=O)[C@@H](NC(=O)OC)C(C)C)[nH]3)cc2)cc1)C(C)C. The molecule has 5 atom stereocenters. The number of amides is 4. The fraction of sp³-hybridized carbons (Fsp3) is 0.487. The van der Waals surface area contributed by atoms with Gasteiger partial charge in [0.15, 0.2) is 0 Å². The lowest BCUT2D eigenvalue weighted by Gasteiger charge is -2.30. The van der Waals surface area contributed by atoms with E-state index >= 15 is 0 Å². The number of aromatic nitrogens is 2. The summed E-state index contributed by atoms with van der Waals surface area (Å²) in [6, 6.07) is 13.2. The van der Waals surface area contributed by atoms with Gasteiger partial charge in [0, 0.05) is 12.1 Å². The van der Waals surface area contributed by atoms with Crippen LogP contribution in [0.5, 0.6) is 0 Å². The Kier molecular flexibility index (Phi) is 12.8. The first kappa shape index (κ1) is 38.8. The van der Waals surface area contributed by atoms with E-state index < -0.39 is 36.3 Å². The van der Waals surface area contributed by atoms with Crippen LogP contribution in [0.15, 0.2) is 54.7 Å². The Labute approximate surface area is 309 Å². The van der Waals surface area contributed by atoms with Gasteiger partial charge in [-0.3, -0.25) is 9.59 Å². The Morgan fingerprint density at radius 2 is 1.36 bits per heavy atom. The van der Waals surface area contributed by atoms with Crippen molar-refractivity contribution < 1.29 is 38.2 Å². The topological polar surface area (TPSA) is 181 Å². The quantitative estimate of drug-likeness (QED) is 0.141. The van der Waals surface area contributed by atoms with Crippen molar-refractivity contribution in [2.45, 2.75) is 90.1 Å². The highest BCUT2D eigenvalue weighted by Gasteiger charge is 2.38. The molecule has 0 radical (unpaired) electrons. The average Bonchev–Trinajstić information content (AvgIpc) is 3.94. The van der Waals surface area contributed by atoms with Crippen molar-refractivity contribution in [2.24, 2.45) is 11.8 Å². The molecule has 14 heteroatoms. The lowest BCUT2D eigenvalue weighted by atomic mass is 10.0. The fourth-order valence-corrected chi connectivity index (χ4v) is 6.89. The number of aromatic amines is 1. The summed E-state index contributed by atoms with van der Waals surface area (Å²) in [5.74, 6) is -0.606. The standard InChI is InChI=1S/C39H50N6O8/c1-22(2)32(43-38(49)51-5)36(47)45-20-8-10-30(45)34-40-21-29(41-34)26-16-12-24(13-17-26)25-14-18-27(19-15-25)35(46)42-28-9-7-11-31(28)53-37(48)33(23(3)4)44-39(50)52-6/h12-19,21-23,28,30-33H,7-11,20H2,1-6H3,(H,40,41)(H,42,46)(H,43,49)(H,44,50)/t28-,30+,31-,32+,33+/m1/s1. The maximum atomic E-state index is 13.5. The van der Waals surface area contributed by atoms with Crippen molar-refractivity contribution in [3.63, 3.8) is 0 Å². The molecule has 1 saturated heterocycles. The van der Waals surface area contributed by atoms with E-state index in [-0.39, 0.29) is 35.7 Å². The molecular formula is C39H50N6O8. The van der Waals surface area contributed by atoms with Crippen LogP contribution in [0, 0.1) is 11.8 Å². The third-order valence-electron chi connectivity index (χ3n) is 9.93. The fourth-order valence-electron chi connectivity index (χ4n) is 6.89. The molecule has 1 aromatic heterocycles. The van der Waals surface area contributed by atoms with Crippen LogP contribution in [-0.4, -0.2) is 89.8 Å². The number of esters is 1. The molecule has 2 aliphatic rings. The van der Waals surface area contributed by atoms with Crippen molar-refractivity contribution in [3.05, 3.63) is 66.1 Å². The van der Waals surface area contributed by atoms with Gasteiger partial charge in [0.2, 0.25) is 5.91 Å². The summed E-state index contributed by atoms with van der Waals surface area (Å²) in [7, 11) is 2.51. The van der Waals surface area contributed by atoms with Gasteiger partial charge in [0.25, 0.3) is 5.91 Å². The van der Waals surface area contributed by atoms with E-state index in [1.54, 1.807) is 37.1 Å². The number of ether oxygens (including phenoxy) is 3. The molecular weight excluding hydrogens is 680 g/mol. The number of hydrogen-bond donors (Lipinski definition) is 4. The van der Waals surface area contributed by atoms with Crippen LogP contribution in [-0.2, 0) is 23.8 Å². The van der Waals surface area contributed by atoms with E-state index in [9.17, 15) is 24.0 Å². The number of benzene rings is 2. The van der Waals surface area contributed by atoms with Crippen molar-refractivity contribution in [3.8, 4) is 22.4 Å². The zero-order chi connectivity index (χ0) is 38.2. The van der Waals surface area contributed by atoms with E-state index in [0.29, 0.717) is 30.8 Å². The van der Waals surface area contributed by atoms with Crippen LogP contribution in [0.3, 0.4) is 0 Å². The largest absolute Gasteiger partial charge is 0.459 e. The Bertz CT molecular complexity index is 1760. The summed E-state index contributed by atoms with van der Waals surface area (Å²) in [6.45, 7) is 7.95. The van der Waals surface area contributed by atoms with E-state index in [4.69, 9.17) is 9.47 Å². The van der Waals surface area contributed by atoms with Crippen LogP contribution in [0.2, 0.25) is 0 Å². The third-order valence-corrected chi connectivity index (χ3v) is 9.93. The van der Waals surface area contributed by atoms with Crippen molar-refractivity contribution >= 4 is 30.0 Å². The van der Waals surface area contributed by atoms with E-state index in [1.807, 2.05) is 50.2 Å². The molecule has 0 spiro atoms. The molecule has 53 heavy (non-hydrogen) atoms. The Morgan fingerprint density at radius 3 is 1.96 bits per heavy atom. The maximum absolute atomic E-state index is 13.5. The summed E-state index contributed by atoms with van der Waals surface area (Å²) in [6.07, 6.45) is 3.60. The number of rotatable bonds is 12. The first-order valence-corrected chi connectivity index (χ1v) is 18.2. The van der Waals surface area contributed by atoms with Crippen molar-refractivity contribution in [2.75, 3.05) is 20.8 Å². The Balaban J connectivity index is 1.19. The highest BCUT2D eigenvalue weighted by Crippen LogP contribution is 2.33. The number of hydrogen-bond acceptors (Lipinski definition) is 9. The number of H-pyrrole nitrogens is 1. The van der Waals surface area contributed by atoms with Crippen LogP contribution >= 0.6 is 0 Å². The average molecular weight is 731 g/mol. The zero-order valence-corrected chi connectivity index (χ0v) is 31.1. The highest BCUT2D eigenvalue weighted by atomic mass is 16.6. The van der Waals surface area contributed by atoms with Gasteiger partial charge in [-0.1, -0.05) is 64.1 Å². The van der Waals surface area contributed by atoms with Crippen LogP contribution in [0.1, 0.15) is 82.0 Å². The number of carbonyl (C=O) groups excluding carboxylic acids is 5. The highest BCUT2D eigenvalue weighted by molar-refractivity contribution is 5.95. The van der Waals surface area contributed by atoms with E-state index in [0.717, 1.165) is 41.6 Å². The molecule has 1 aliphatic carbocycles. The molecule has 0 bridgehead atoms. The molecule has 284 valence electrons. The van der Waals surface area contributed by atoms with Crippen LogP contribution in [0.4, 0.5) is 9.59 Å². The number of carbonyl (C=O) groups is 5. The lowest BCUT2D eigenvalue weighted by Crippen LogP contribution is -2.51. The van der Waals surface area contributed by atoms with Gasteiger partial charge in [-0.25, -0.2) is 19.4 Å². The predicted molar refractivity (Wildman–Crippen MR) is 196 cm³/mol. The van der Waals surface area contributed by atoms with Gasteiger partial charge in [-0.05, 0) is 72.8 Å². The molecule has 1 saturated carbocycles.